The number of rotatable bonds is 7. The average Bonchev–Trinajstić information content (AvgIpc) is 2.92. The number of nitrogens with zero attached hydrogens (tertiary/aromatic N) is 1. The first-order valence-electron chi connectivity index (χ1n) is 7.33. The van der Waals surface area contributed by atoms with Crippen molar-refractivity contribution in [3.8, 4) is 0 Å². The molecule has 3 nitrogen and oxygen atoms in total. The number of hydrogen-bond acceptors (Lipinski definition) is 3. The Morgan fingerprint density at radius 1 is 1.24 bits per heavy atom. The van der Waals surface area contributed by atoms with Gasteiger partial charge in [-0.3, -0.25) is 4.90 Å². The van der Waals surface area contributed by atoms with Crippen molar-refractivity contribution >= 4 is 11.6 Å². The summed E-state index contributed by atoms with van der Waals surface area (Å²) in [5.74, 6) is 1.03. The van der Waals surface area contributed by atoms with E-state index in [1.54, 1.807) is 6.26 Å². The van der Waals surface area contributed by atoms with Crippen LogP contribution in [0.15, 0.2) is 41.0 Å². The summed E-state index contributed by atoms with van der Waals surface area (Å²) < 4.78 is 5.63. The Bertz CT molecular complexity index is 550. The lowest BCUT2D eigenvalue weighted by Gasteiger charge is -2.24. The minimum atomic E-state index is 0.305. The zero-order valence-corrected chi connectivity index (χ0v) is 13.7. The van der Waals surface area contributed by atoms with E-state index in [0.717, 1.165) is 30.4 Å². The molecular formula is C17H23ClN2O. The van der Waals surface area contributed by atoms with Gasteiger partial charge in [-0.05, 0) is 44.3 Å². The molecule has 0 spiro atoms. The molecule has 0 radical (unpaired) electrons. The Kier molecular flexibility index (Phi) is 5.85. The zero-order valence-electron chi connectivity index (χ0n) is 12.9. The molecule has 1 aromatic heterocycles. The molecule has 0 saturated carbocycles. The fourth-order valence-electron chi connectivity index (χ4n) is 2.28. The third-order valence-corrected chi connectivity index (χ3v) is 4.06. The summed E-state index contributed by atoms with van der Waals surface area (Å²) in [7, 11) is 2.11. The summed E-state index contributed by atoms with van der Waals surface area (Å²) in [6.07, 6.45) is 1.77. The first-order chi connectivity index (χ1) is 10.1. The van der Waals surface area contributed by atoms with E-state index in [1.165, 1.54) is 11.1 Å². The van der Waals surface area contributed by atoms with Crippen LogP contribution in [0.3, 0.4) is 0 Å². The highest BCUT2D eigenvalue weighted by molar-refractivity contribution is 6.30. The van der Waals surface area contributed by atoms with Crippen LogP contribution in [0.5, 0.6) is 0 Å². The molecule has 0 aliphatic rings. The number of benzene rings is 1. The molecule has 0 amide bonds. The first kappa shape index (κ1) is 16.1. The molecule has 1 N–H and O–H groups in total. The Balaban J connectivity index is 2.02. The van der Waals surface area contributed by atoms with E-state index < -0.39 is 0 Å². The number of halogens is 1. The molecule has 1 atom stereocenters. The lowest BCUT2D eigenvalue weighted by molar-refractivity contribution is 0.231. The van der Waals surface area contributed by atoms with Crippen LogP contribution in [0.2, 0.25) is 5.02 Å². The second kappa shape index (κ2) is 7.64. The van der Waals surface area contributed by atoms with Crippen molar-refractivity contribution in [1.29, 1.82) is 0 Å². The van der Waals surface area contributed by atoms with Gasteiger partial charge in [-0.15, -0.1) is 0 Å². The van der Waals surface area contributed by atoms with Gasteiger partial charge in [0.25, 0.3) is 0 Å². The van der Waals surface area contributed by atoms with Gasteiger partial charge < -0.3 is 9.73 Å². The number of furan rings is 1. The summed E-state index contributed by atoms with van der Waals surface area (Å²) in [4.78, 5) is 2.28. The highest BCUT2D eigenvalue weighted by atomic mass is 35.5. The predicted molar refractivity (Wildman–Crippen MR) is 87.4 cm³/mol. The maximum atomic E-state index is 5.94. The molecular weight excluding hydrogens is 284 g/mol. The second-order valence-corrected chi connectivity index (χ2v) is 5.73. The summed E-state index contributed by atoms with van der Waals surface area (Å²) >= 11 is 5.94. The molecule has 1 heterocycles. The Morgan fingerprint density at radius 2 is 1.95 bits per heavy atom. The van der Waals surface area contributed by atoms with E-state index in [9.17, 15) is 0 Å². The van der Waals surface area contributed by atoms with Gasteiger partial charge in [0.05, 0.1) is 12.8 Å². The van der Waals surface area contributed by atoms with Gasteiger partial charge in [-0.2, -0.15) is 0 Å². The van der Waals surface area contributed by atoms with Crippen molar-refractivity contribution in [3.63, 3.8) is 0 Å². The van der Waals surface area contributed by atoms with Crippen LogP contribution in [0.1, 0.15) is 36.8 Å². The van der Waals surface area contributed by atoms with Crippen molar-refractivity contribution in [2.24, 2.45) is 0 Å². The maximum absolute atomic E-state index is 5.94. The van der Waals surface area contributed by atoms with Crippen LogP contribution in [-0.4, -0.2) is 18.5 Å². The fourth-order valence-corrected chi connectivity index (χ4v) is 2.41. The molecule has 0 aliphatic carbocycles. The Labute approximate surface area is 131 Å². The van der Waals surface area contributed by atoms with Crippen LogP contribution in [0, 0.1) is 0 Å². The highest BCUT2D eigenvalue weighted by Gasteiger charge is 2.15. The van der Waals surface area contributed by atoms with Gasteiger partial charge in [0.1, 0.15) is 5.76 Å². The maximum Gasteiger partial charge on any atom is 0.122 e. The lowest BCUT2D eigenvalue weighted by atomic mass is 10.1. The second-order valence-electron chi connectivity index (χ2n) is 5.29. The lowest BCUT2D eigenvalue weighted by Crippen LogP contribution is -2.23. The first-order valence-corrected chi connectivity index (χ1v) is 7.71. The van der Waals surface area contributed by atoms with Crippen LogP contribution in [0.4, 0.5) is 0 Å². The zero-order chi connectivity index (χ0) is 15.2. The van der Waals surface area contributed by atoms with Gasteiger partial charge in [-0.25, -0.2) is 0 Å². The van der Waals surface area contributed by atoms with Gasteiger partial charge in [0.2, 0.25) is 0 Å². The quantitative estimate of drug-likeness (QED) is 0.829. The fraction of sp³-hybridized carbons (Fsp3) is 0.412. The minimum Gasteiger partial charge on any atom is -0.468 e. The smallest absolute Gasteiger partial charge is 0.122 e. The molecule has 0 aliphatic heterocycles. The number of nitrogens with one attached hydrogen (secondary N) is 1. The molecule has 0 bridgehead atoms. The van der Waals surface area contributed by atoms with E-state index in [2.05, 4.69) is 43.2 Å². The van der Waals surface area contributed by atoms with Crippen molar-refractivity contribution < 1.29 is 4.42 Å². The molecule has 2 rings (SSSR count). The van der Waals surface area contributed by atoms with Crippen LogP contribution >= 0.6 is 11.6 Å². The predicted octanol–water partition coefficient (Wildman–Crippen LogP) is 4.24. The van der Waals surface area contributed by atoms with Gasteiger partial charge in [0.15, 0.2) is 0 Å². The summed E-state index contributed by atoms with van der Waals surface area (Å²) in [5.41, 5.74) is 2.48. The minimum absolute atomic E-state index is 0.305. The van der Waals surface area contributed by atoms with Crippen molar-refractivity contribution in [2.75, 3.05) is 13.6 Å². The van der Waals surface area contributed by atoms with Crippen LogP contribution < -0.4 is 5.32 Å². The molecule has 114 valence electrons. The van der Waals surface area contributed by atoms with E-state index in [0.29, 0.717) is 6.04 Å². The number of hydrogen-bond donors (Lipinski definition) is 1. The largest absolute Gasteiger partial charge is 0.468 e. The molecule has 1 aromatic carbocycles. The summed E-state index contributed by atoms with van der Waals surface area (Å²) in [5, 5.41) is 4.11. The molecule has 0 fully saturated rings. The molecule has 2 aromatic rings. The van der Waals surface area contributed by atoms with Crippen molar-refractivity contribution in [1.82, 2.24) is 10.2 Å². The van der Waals surface area contributed by atoms with Gasteiger partial charge in [0, 0.05) is 23.2 Å². The molecule has 4 heteroatoms. The van der Waals surface area contributed by atoms with E-state index in [1.807, 2.05) is 18.2 Å². The Morgan fingerprint density at radius 3 is 2.62 bits per heavy atom. The van der Waals surface area contributed by atoms with E-state index >= 15 is 0 Å². The SMILES string of the molecule is CCNCc1ccoc1CN(C)C(C)c1ccc(Cl)cc1. The standard InChI is InChI=1S/C17H23ClN2O/c1-4-19-11-15-9-10-21-17(15)12-20(3)13(2)14-5-7-16(18)8-6-14/h5-10,13,19H,4,11-12H2,1-3H3. The summed E-state index contributed by atoms with van der Waals surface area (Å²) in [6.45, 7) is 6.90. The highest BCUT2D eigenvalue weighted by Crippen LogP contribution is 2.23. The molecule has 0 saturated heterocycles. The van der Waals surface area contributed by atoms with Gasteiger partial charge in [-0.1, -0.05) is 30.7 Å². The third kappa shape index (κ3) is 4.34. The van der Waals surface area contributed by atoms with Crippen LogP contribution in [0.25, 0.3) is 0 Å². The normalized spacial score (nSPS) is 12.8. The monoisotopic (exact) mass is 306 g/mol. The van der Waals surface area contributed by atoms with E-state index in [4.69, 9.17) is 16.0 Å². The van der Waals surface area contributed by atoms with Crippen LogP contribution in [-0.2, 0) is 13.1 Å². The third-order valence-electron chi connectivity index (χ3n) is 3.81. The summed E-state index contributed by atoms with van der Waals surface area (Å²) in [6, 6.07) is 10.4. The van der Waals surface area contributed by atoms with Crippen molar-refractivity contribution in [3.05, 3.63) is 58.5 Å². The topological polar surface area (TPSA) is 28.4 Å². The molecule has 1 unspecified atom stereocenters. The molecule has 21 heavy (non-hydrogen) atoms. The van der Waals surface area contributed by atoms with Gasteiger partial charge >= 0.3 is 0 Å². The van der Waals surface area contributed by atoms with Crippen molar-refractivity contribution in [2.45, 2.75) is 33.0 Å². The average molecular weight is 307 g/mol. The van der Waals surface area contributed by atoms with E-state index in [-0.39, 0.29) is 0 Å². The Hall–Kier alpha value is -1.29.